The van der Waals surface area contributed by atoms with Crippen molar-refractivity contribution in [1.82, 2.24) is 4.72 Å². The Kier molecular flexibility index (Phi) is 3.99. The third-order valence-electron chi connectivity index (χ3n) is 4.04. The van der Waals surface area contributed by atoms with E-state index in [0.29, 0.717) is 17.1 Å². The summed E-state index contributed by atoms with van der Waals surface area (Å²) in [5.74, 6) is -0.00842. The smallest absolute Gasteiger partial charge is 0.242 e. The fourth-order valence-electron chi connectivity index (χ4n) is 2.77. The highest BCUT2D eigenvalue weighted by molar-refractivity contribution is 7.89. The number of hydrogen-bond acceptors (Lipinski definition) is 4. The van der Waals surface area contributed by atoms with Gasteiger partial charge in [-0.2, -0.15) is 0 Å². The van der Waals surface area contributed by atoms with Crippen LogP contribution >= 0.6 is 0 Å². The molecule has 0 amide bonds. The number of anilines is 1. The SMILES string of the molecule is O=CC1CCCN(c2ccccc2S(=O)(=O)NC2CC2)C1. The van der Waals surface area contributed by atoms with Crippen molar-refractivity contribution in [3.8, 4) is 0 Å². The Balaban J connectivity index is 1.90. The minimum Gasteiger partial charge on any atom is -0.370 e. The van der Waals surface area contributed by atoms with Gasteiger partial charge in [0.2, 0.25) is 10.0 Å². The topological polar surface area (TPSA) is 66.5 Å². The van der Waals surface area contributed by atoms with Gasteiger partial charge in [0.15, 0.2) is 0 Å². The predicted molar refractivity (Wildman–Crippen MR) is 80.8 cm³/mol. The molecule has 0 aromatic heterocycles. The normalized spacial score (nSPS) is 23.0. The molecule has 3 rings (SSSR count). The first-order valence-electron chi connectivity index (χ1n) is 7.42. The van der Waals surface area contributed by atoms with E-state index in [1.165, 1.54) is 0 Å². The van der Waals surface area contributed by atoms with E-state index in [2.05, 4.69) is 4.72 Å². The third kappa shape index (κ3) is 3.27. The van der Waals surface area contributed by atoms with Crippen molar-refractivity contribution in [2.75, 3.05) is 18.0 Å². The monoisotopic (exact) mass is 308 g/mol. The van der Waals surface area contributed by atoms with Crippen LogP contribution in [0.25, 0.3) is 0 Å². The van der Waals surface area contributed by atoms with Crippen molar-refractivity contribution in [3.63, 3.8) is 0 Å². The molecule has 6 heteroatoms. The minimum atomic E-state index is -3.48. The number of sulfonamides is 1. The van der Waals surface area contributed by atoms with E-state index < -0.39 is 10.0 Å². The Hall–Kier alpha value is -1.40. The molecule has 0 spiro atoms. The molecule has 1 atom stereocenters. The molecular weight excluding hydrogens is 288 g/mol. The minimum absolute atomic E-state index is 0.00842. The highest BCUT2D eigenvalue weighted by Crippen LogP contribution is 2.30. The van der Waals surface area contributed by atoms with Crippen molar-refractivity contribution >= 4 is 22.0 Å². The Labute approximate surface area is 125 Å². The van der Waals surface area contributed by atoms with Gasteiger partial charge < -0.3 is 9.69 Å². The molecule has 1 aromatic carbocycles. The lowest BCUT2D eigenvalue weighted by Crippen LogP contribution is -2.37. The van der Waals surface area contributed by atoms with Gasteiger partial charge in [0.1, 0.15) is 11.2 Å². The molecule has 1 aromatic rings. The molecule has 1 aliphatic heterocycles. The maximum atomic E-state index is 12.5. The number of nitrogens with one attached hydrogen (secondary N) is 1. The molecule has 1 aliphatic carbocycles. The molecular formula is C15H20N2O3S. The second-order valence-corrected chi connectivity index (χ2v) is 7.53. The number of hydrogen-bond donors (Lipinski definition) is 1. The summed E-state index contributed by atoms with van der Waals surface area (Å²) in [7, 11) is -3.48. The Morgan fingerprint density at radius 2 is 1.95 bits per heavy atom. The summed E-state index contributed by atoms with van der Waals surface area (Å²) in [4.78, 5) is 13.4. The van der Waals surface area contributed by atoms with Crippen molar-refractivity contribution in [2.24, 2.45) is 5.92 Å². The van der Waals surface area contributed by atoms with Crippen LogP contribution in [-0.2, 0) is 14.8 Å². The van der Waals surface area contributed by atoms with Crippen LogP contribution in [0.4, 0.5) is 5.69 Å². The Morgan fingerprint density at radius 1 is 1.19 bits per heavy atom. The van der Waals surface area contributed by atoms with Crippen LogP contribution in [0, 0.1) is 5.92 Å². The van der Waals surface area contributed by atoms with E-state index in [1.807, 2.05) is 17.0 Å². The van der Waals surface area contributed by atoms with E-state index >= 15 is 0 Å². The zero-order valence-corrected chi connectivity index (χ0v) is 12.7. The third-order valence-corrected chi connectivity index (χ3v) is 5.61. The van der Waals surface area contributed by atoms with Crippen molar-refractivity contribution < 1.29 is 13.2 Å². The van der Waals surface area contributed by atoms with Crippen LogP contribution in [0.5, 0.6) is 0 Å². The Morgan fingerprint density at radius 3 is 2.67 bits per heavy atom. The summed E-state index contributed by atoms with van der Waals surface area (Å²) in [6.45, 7) is 1.39. The zero-order chi connectivity index (χ0) is 14.9. The molecule has 1 unspecified atom stereocenters. The summed E-state index contributed by atoms with van der Waals surface area (Å²) >= 11 is 0. The van der Waals surface area contributed by atoms with Crippen molar-refractivity contribution in [3.05, 3.63) is 24.3 Å². The highest BCUT2D eigenvalue weighted by Gasteiger charge is 2.31. The van der Waals surface area contributed by atoms with Gasteiger partial charge in [-0.15, -0.1) is 0 Å². The number of carbonyl (C=O) groups is 1. The summed E-state index contributed by atoms with van der Waals surface area (Å²) in [5.41, 5.74) is 0.706. The fraction of sp³-hybridized carbons (Fsp3) is 0.533. The van der Waals surface area contributed by atoms with Gasteiger partial charge in [-0.3, -0.25) is 0 Å². The molecule has 1 saturated carbocycles. The lowest BCUT2D eigenvalue weighted by atomic mass is 9.99. The first-order valence-corrected chi connectivity index (χ1v) is 8.90. The van der Waals surface area contributed by atoms with Crippen LogP contribution in [0.15, 0.2) is 29.2 Å². The number of piperidine rings is 1. The number of nitrogens with zero attached hydrogens (tertiary/aromatic N) is 1. The van der Waals surface area contributed by atoms with E-state index in [1.54, 1.807) is 12.1 Å². The Bertz CT molecular complexity index is 626. The maximum Gasteiger partial charge on any atom is 0.242 e. The van der Waals surface area contributed by atoms with E-state index in [4.69, 9.17) is 0 Å². The van der Waals surface area contributed by atoms with E-state index in [-0.39, 0.29) is 12.0 Å². The van der Waals surface area contributed by atoms with Gasteiger partial charge in [-0.05, 0) is 37.8 Å². The summed E-state index contributed by atoms with van der Waals surface area (Å²) in [6.07, 6.45) is 4.60. The molecule has 114 valence electrons. The van der Waals surface area contributed by atoms with Crippen LogP contribution in [-0.4, -0.2) is 33.8 Å². The first kappa shape index (κ1) is 14.5. The standard InChI is InChI=1S/C15H20N2O3S/c18-11-12-4-3-9-17(10-12)14-5-1-2-6-15(14)21(19,20)16-13-7-8-13/h1-2,5-6,11-13,16H,3-4,7-10H2. The van der Waals surface area contributed by atoms with Crippen LogP contribution in [0.3, 0.4) is 0 Å². The van der Waals surface area contributed by atoms with E-state index in [0.717, 1.165) is 38.5 Å². The molecule has 1 N–H and O–H groups in total. The van der Waals surface area contributed by atoms with Gasteiger partial charge in [0.25, 0.3) is 0 Å². The molecule has 1 heterocycles. The summed E-state index contributed by atoms with van der Waals surface area (Å²) in [6, 6.07) is 7.15. The molecule has 0 bridgehead atoms. The molecule has 0 radical (unpaired) electrons. The lowest BCUT2D eigenvalue weighted by Gasteiger charge is -2.33. The first-order chi connectivity index (χ1) is 10.1. The van der Waals surface area contributed by atoms with Crippen LogP contribution in [0.2, 0.25) is 0 Å². The fourth-order valence-corrected chi connectivity index (χ4v) is 4.30. The number of carbonyl (C=O) groups excluding carboxylic acids is 1. The summed E-state index contributed by atoms with van der Waals surface area (Å²) in [5, 5.41) is 0. The van der Waals surface area contributed by atoms with E-state index in [9.17, 15) is 13.2 Å². The molecule has 21 heavy (non-hydrogen) atoms. The van der Waals surface area contributed by atoms with Crippen LogP contribution in [0.1, 0.15) is 25.7 Å². The van der Waals surface area contributed by atoms with Gasteiger partial charge in [-0.1, -0.05) is 12.1 Å². The van der Waals surface area contributed by atoms with Gasteiger partial charge >= 0.3 is 0 Å². The van der Waals surface area contributed by atoms with Gasteiger partial charge in [0, 0.05) is 25.0 Å². The average molecular weight is 308 g/mol. The van der Waals surface area contributed by atoms with Crippen molar-refractivity contribution in [1.29, 1.82) is 0 Å². The molecule has 1 saturated heterocycles. The second kappa shape index (κ2) is 5.77. The largest absolute Gasteiger partial charge is 0.370 e. The quantitative estimate of drug-likeness (QED) is 0.838. The van der Waals surface area contributed by atoms with Crippen molar-refractivity contribution in [2.45, 2.75) is 36.6 Å². The zero-order valence-electron chi connectivity index (χ0n) is 11.9. The molecule has 2 aliphatic rings. The average Bonchev–Trinajstić information content (AvgIpc) is 3.30. The second-order valence-electron chi connectivity index (χ2n) is 5.85. The summed E-state index contributed by atoms with van der Waals surface area (Å²) < 4.78 is 27.7. The lowest BCUT2D eigenvalue weighted by molar-refractivity contribution is -0.111. The maximum absolute atomic E-state index is 12.5. The highest BCUT2D eigenvalue weighted by atomic mass is 32.2. The number of benzene rings is 1. The number of para-hydroxylation sites is 1. The number of rotatable bonds is 5. The van der Waals surface area contributed by atoms with Gasteiger partial charge in [-0.25, -0.2) is 13.1 Å². The van der Waals surface area contributed by atoms with Gasteiger partial charge in [0.05, 0.1) is 5.69 Å². The molecule has 5 nitrogen and oxygen atoms in total. The predicted octanol–water partition coefficient (Wildman–Crippen LogP) is 1.54. The molecule has 2 fully saturated rings. The number of aldehydes is 1. The van der Waals surface area contributed by atoms with Crippen LogP contribution < -0.4 is 9.62 Å².